The molecule has 2 rings (SSSR count). The molecule has 1 saturated carbocycles. The van der Waals surface area contributed by atoms with E-state index < -0.39 is 14.9 Å². The molecule has 1 heterocycles. The van der Waals surface area contributed by atoms with Crippen LogP contribution in [0, 0.1) is 17.8 Å². The van der Waals surface area contributed by atoms with Crippen molar-refractivity contribution in [3.8, 4) is 0 Å². The zero-order valence-corrected chi connectivity index (χ0v) is 11.4. The predicted molar refractivity (Wildman–Crippen MR) is 63.5 cm³/mol. The Hall–Kier alpha value is -0.0900. The highest BCUT2D eigenvalue weighted by Gasteiger charge is 2.62. The maximum Gasteiger partial charge on any atom is 0.273 e. The molecule has 0 bridgehead atoms. The molecule has 1 aliphatic carbocycles. The number of hydrogen-bond donors (Lipinski definition) is 0. The van der Waals surface area contributed by atoms with Crippen molar-refractivity contribution in [2.45, 2.75) is 57.8 Å². The largest absolute Gasteiger partial charge is 0.273 e. The first-order valence-corrected chi connectivity index (χ1v) is 7.65. The van der Waals surface area contributed by atoms with Gasteiger partial charge in [0.1, 0.15) is 4.75 Å². The second-order valence-corrected chi connectivity index (χ2v) is 7.89. The molecule has 16 heavy (non-hydrogen) atoms. The molecule has 0 aromatic carbocycles. The Bertz CT molecular complexity index is 374. The van der Waals surface area contributed by atoms with Gasteiger partial charge in [-0.1, -0.05) is 20.8 Å². The van der Waals surface area contributed by atoms with E-state index >= 15 is 0 Å². The summed E-state index contributed by atoms with van der Waals surface area (Å²) in [6.45, 7) is 8.26. The van der Waals surface area contributed by atoms with Crippen LogP contribution in [0.3, 0.4) is 0 Å². The first kappa shape index (κ1) is 12.4. The lowest BCUT2D eigenvalue weighted by Crippen LogP contribution is -2.34. The van der Waals surface area contributed by atoms with Crippen molar-refractivity contribution in [3.05, 3.63) is 0 Å². The Morgan fingerprint density at radius 1 is 1.44 bits per heavy atom. The van der Waals surface area contributed by atoms with Crippen LogP contribution in [0.5, 0.6) is 0 Å². The van der Waals surface area contributed by atoms with Crippen LogP contribution < -0.4 is 0 Å². The third kappa shape index (κ3) is 1.53. The van der Waals surface area contributed by atoms with Crippen molar-refractivity contribution >= 4 is 10.1 Å². The molecular formula is C12H22O3S. The molecule has 1 saturated heterocycles. The van der Waals surface area contributed by atoms with Gasteiger partial charge in [-0.2, -0.15) is 8.42 Å². The van der Waals surface area contributed by atoms with E-state index in [-0.39, 0.29) is 12.0 Å². The van der Waals surface area contributed by atoms with Crippen LogP contribution in [-0.2, 0) is 14.3 Å². The molecule has 0 radical (unpaired) electrons. The van der Waals surface area contributed by atoms with Crippen molar-refractivity contribution in [1.82, 2.24) is 0 Å². The van der Waals surface area contributed by atoms with E-state index in [0.29, 0.717) is 11.8 Å². The van der Waals surface area contributed by atoms with Gasteiger partial charge in [0.05, 0.1) is 6.10 Å². The molecule has 4 atom stereocenters. The van der Waals surface area contributed by atoms with E-state index in [9.17, 15) is 8.42 Å². The molecule has 2 aliphatic rings. The number of hydrogen-bond acceptors (Lipinski definition) is 3. The minimum atomic E-state index is -3.35. The van der Waals surface area contributed by atoms with Crippen LogP contribution >= 0.6 is 0 Å². The summed E-state index contributed by atoms with van der Waals surface area (Å²) in [4.78, 5) is 0. The summed E-state index contributed by atoms with van der Waals surface area (Å²) < 4.78 is 28.8. The van der Waals surface area contributed by atoms with Crippen LogP contribution in [0.1, 0.15) is 47.0 Å². The molecule has 1 aliphatic heterocycles. The second kappa shape index (κ2) is 3.70. The maximum absolute atomic E-state index is 12.1. The lowest BCUT2D eigenvalue weighted by molar-refractivity contribution is 0.167. The average molecular weight is 246 g/mol. The van der Waals surface area contributed by atoms with E-state index in [1.165, 1.54) is 0 Å². The average Bonchev–Trinajstić information content (AvgIpc) is 2.61. The summed E-state index contributed by atoms with van der Waals surface area (Å²) in [5.41, 5.74) is 0. The summed E-state index contributed by atoms with van der Waals surface area (Å²) in [5.74, 6) is 1.30. The fourth-order valence-corrected chi connectivity index (χ4v) is 5.22. The van der Waals surface area contributed by atoms with Gasteiger partial charge in [0, 0.05) is 5.92 Å². The van der Waals surface area contributed by atoms with Crippen LogP contribution in [0.2, 0.25) is 0 Å². The topological polar surface area (TPSA) is 43.4 Å². The summed E-state index contributed by atoms with van der Waals surface area (Å²) >= 11 is 0. The normalized spacial score (nSPS) is 46.2. The maximum atomic E-state index is 12.1. The van der Waals surface area contributed by atoms with Crippen molar-refractivity contribution in [2.24, 2.45) is 17.8 Å². The van der Waals surface area contributed by atoms with Gasteiger partial charge < -0.3 is 0 Å². The molecule has 2 fully saturated rings. The van der Waals surface area contributed by atoms with Crippen LogP contribution in [-0.4, -0.2) is 19.3 Å². The molecule has 0 amide bonds. The van der Waals surface area contributed by atoms with Crippen LogP contribution in [0.25, 0.3) is 0 Å². The van der Waals surface area contributed by atoms with Crippen molar-refractivity contribution in [3.63, 3.8) is 0 Å². The van der Waals surface area contributed by atoms with Gasteiger partial charge in [-0.15, -0.1) is 0 Å². The molecule has 0 spiro atoms. The smallest absolute Gasteiger partial charge is 0.266 e. The Kier molecular flexibility index (Phi) is 2.86. The third-order valence-electron chi connectivity index (χ3n) is 4.62. The summed E-state index contributed by atoms with van der Waals surface area (Å²) in [5, 5.41) is 0. The first-order chi connectivity index (χ1) is 7.32. The van der Waals surface area contributed by atoms with Crippen molar-refractivity contribution < 1.29 is 12.6 Å². The van der Waals surface area contributed by atoms with Gasteiger partial charge in [-0.05, 0) is 38.0 Å². The van der Waals surface area contributed by atoms with Gasteiger partial charge in [0.2, 0.25) is 0 Å². The van der Waals surface area contributed by atoms with Gasteiger partial charge in [-0.3, -0.25) is 4.18 Å². The third-order valence-corrected chi connectivity index (χ3v) is 6.74. The van der Waals surface area contributed by atoms with E-state index in [1.807, 2.05) is 13.8 Å². The molecule has 94 valence electrons. The Balaban J connectivity index is 2.34. The SMILES string of the molecule is CCC1OS(=O)(=O)C2(C)CC(C(C)C)CC12. The van der Waals surface area contributed by atoms with Gasteiger partial charge in [0.15, 0.2) is 0 Å². The molecule has 0 aromatic heterocycles. The standard InChI is InChI=1S/C12H22O3S/c1-5-11-10-6-9(8(2)3)7-12(10,4)16(13,14)15-11/h8-11H,5-7H2,1-4H3. The molecule has 0 N–H and O–H groups in total. The minimum absolute atomic E-state index is 0.0845. The lowest BCUT2D eigenvalue weighted by Gasteiger charge is -2.21. The second-order valence-electron chi connectivity index (χ2n) is 5.86. The zero-order chi connectivity index (χ0) is 12.1. The quantitative estimate of drug-likeness (QED) is 0.703. The van der Waals surface area contributed by atoms with Crippen LogP contribution in [0.4, 0.5) is 0 Å². The predicted octanol–water partition coefficient (Wildman–Crippen LogP) is 2.57. The first-order valence-electron chi connectivity index (χ1n) is 6.24. The summed E-state index contributed by atoms with van der Waals surface area (Å²) in [7, 11) is -3.35. The highest BCUT2D eigenvalue weighted by atomic mass is 32.2. The van der Waals surface area contributed by atoms with Gasteiger partial charge >= 0.3 is 0 Å². The molecule has 4 heteroatoms. The fourth-order valence-electron chi connectivity index (χ4n) is 3.36. The highest BCUT2D eigenvalue weighted by molar-refractivity contribution is 7.88. The van der Waals surface area contributed by atoms with E-state index in [1.54, 1.807) is 0 Å². The molecule has 0 aromatic rings. The highest BCUT2D eigenvalue weighted by Crippen LogP contribution is 2.54. The van der Waals surface area contributed by atoms with Crippen LogP contribution in [0.15, 0.2) is 0 Å². The molecule has 4 unspecified atom stereocenters. The Morgan fingerprint density at radius 3 is 2.56 bits per heavy atom. The van der Waals surface area contributed by atoms with Gasteiger partial charge in [0.25, 0.3) is 10.1 Å². The Labute approximate surface area is 98.7 Å². The fraction of sp³-hybridized carbons (Fsp3) is 1.00. The lowest BCUT2D eigenvalue weighted by atomic mass is 9.89. The Morgan fingerprint density at radius 2 is 2.06 bits per heavy atom. The van der Waals surface area contributed by atoms with E-state index in [2.05, 4.69) is 13.8 Å². The minimum Gasteiger partial charge on any atom is -0.266 e. The van der Waals surface area contributed by atoms with Crippen molar-refractivity contribution in [2.75, 3.05) is 0 Å². The summed E-state index contributed by atoms with van der Waals surface area (Å²) in [6, 6.07) is 0. The monoisotopic (exact) mass is 246 g/mol. The number of rotatable bonds is 2. The van der Waals surface area contributed by atoms with Crippen molar-refractivity contribution in [1.29, 1.82) is 0 Å². The van der Waals surface area contributed by atoms with Gasteiger partial charge in [-0.25, -0.2) is 0 Å². The molecular weight excluding hydrogens is 224 g/mol. The van der Waals surface area contributed by atoms with E-state index in [0.717, 1.165) is 19.3 Å². The summed E-state index contributed by atoms with van der Waals surface area (Å²) in [6.07, 6.45) is 2.49. The molecule has 3 nitrogen and oxygen atoms in total. The van der Waals surface area contributed by atoms with E-state index in [4.69, 9.17) is 4.18 Å². The zero-order valence-electron chi connectivity index (χ0n) is 10.6. The number of fused-ring (bicyclic) bond motifs is 1.